The van der Waals surface area contributed by atoms with Crippen LogP contribution in [0.2, 0.25) is 0 Å². The lowest BCUT2D eigenvalue weighted by molar-refractivity contribution is -0.121. The number of para-hydroxylation sites is 1. The molecule has 0 atom stereocenters. The van der Waals surface area contributed by atoms with Crippen LogP contribution in [-0.2, 0) is 17.8 Å². The molecule has 0 saturated heterocycles. The number of amides is 1. The second-order valence-electron chi connectivity index (χ2n) is 6.21. The number of hydrogen-bond donors (Lipinski definition) is 1. The van der Waals surface area contributed by atoms with E-state index < -0.39 is 0 Å². The summed E-state index contributed by atoms with van der Waals surface area (Å²) in [4.78, 5) is 16.7. The van der Waals surface area contributed by atoms with E-state index in [4.69, 9.17) is 4.74 Å². The fourth-order valence-corrected chi connectivity index (χ4v) is 2.90. The first-order chi connectivity index (χ1) is 12.1. The number of nitrogens with one attached hydrogen (secondary N) is 1. The van der Waals surface area contributed by atoms with Gasteiger partial charge in [-0.3, -0.25) is 4.79 Å². The zero-order valence-electron chi connectivity index (χ0n) is 14.9. The van der Waals surface area contributed by atoms with Crippen LogP contribution in [0.3, 0.4) is 0 Å². The maximum atomic E-state index is 12.3. The Bertz CT molecular complexity index is 899. The minimum absolute atomic E-state index is 0.0209. The first-order valence-corrected chi connectivity index (χ1v) is 8.39. The molecule has 1 N–H and O–H groups in total. The summed E-state index contributed by atoms with van der Waals surface area (Å²) < 4.78 is 7.22. The Labute approximate surface area is 147 Å². The van der Waals surface area contributed by atoms with Gasteiger partial charge in [-0.2, -0.15) is 0 Å². The van der Waals surface area contributed by atoms with Crippen LogP contribution < -0.4 is 10.1 Å². The molecule has 0 spiro atoms. The average molecular weight is 337 g/mol. The highest BCUT2D eigenvalue weighted by molar-refractivity contribution is 5.81. The standard InChI is InChI=1S/C20H23N3O2/c1-14-10-17-18(11-15(14)2)23(13-22-17)12-20(24)21-9-8-16-6-4-5-7-19(16)25-3/h4-7,10-11,13H,8-9,12H2,1-3H3,(H,21,24). The van der Waals surface area contributed by atoms with Crippen LogP contribution in [0.15, 0.2) is 42.7 Å². The van der Waals surface area contributed by atoms with Gasteiger partial charge in [0.2, 0.25) is 5.91 Å². The number of aryl methyl sites for hydroxylation is 2. The first kappa shape index (κ1) is 17.0. The van der Waals surface area contributed by atoms with Gasteiger partial charge >= 0.3 is 0 Å². The zero-order valence-corrected chi connectivity index (χ0v) is 14.9. The minimum atomic E-state index is -0.0209. The number of ether oxygens (including phenoxy) is 1. The monoisotopic (exact) mass is 337 g/mol. The number of carbonyl (C=O) groups is 1. The van der Waals surface area contributed by atoms with Gasteiger partial charge in [-0.1, -0.05) is 18.2 Å². The Morgan fingerprint density at radius 2 is 1.96 bits per heavy atom. The lowest BCUT2D eigenvalue weighted by atomic mass is 10.1. The Morgan fingerprint density at radius 3 is 2.76 bits per heavy atom. The molecule has 1 aromatic heterocycles. The maximum absolute atomic E-state index is 12.3. The normalized spacial score (nSPS) is 10.8. The van der Waals surface area contributed by atoms with Gasteiger partial charge in [0.15, 0.2) is 0 Å². The predicted octanol–water partition coefficient (Wildman–Crippen LogP) is 3.02. The van der Waals surface area contributed by atoms with Crippen LogP contribution in [0.4, 0.5) is 0 Å². The van der Waals surface area contributed by atoms with Gasteiger partial charge in [0, 0.05) is 6.54 Å². The molecule has 3 aromatic rings. The second-order valence-corrected chi connectivity index (χ2v) is 6.21. The fraction of sp³-hybridized carbons (Fsp3) is 0.300. The number of rotatable bonds is 6. The third-order valence-corrected chi connectivity index (χ3v) is 4.46. The van der Waals surface area contributed by atoms with Crippen molar-refractivity contribution in [2.24, 2.45) is 0 Å². The SMILES string of the molecule is COc1ccccc1CCNC(=O)Cn1cnc2cc(C)c(C)cc21. The molecule has 5 nitrogen and oxygen atoms in total. The minimum Gasteiger partial charge on any atom is -0.496 e. The highest BCUT2D eigenvalue weighted by atomic mass is 16.5. The van der Waals surface area contributed by atoms with Crippen molar-refractivity contribution in [3.05, 3.63) is 59.4 Å². The average Bonchev–Trinajstić information content (AvgIpc) is 2.97. The van der Waals surface area contributed by atoms with Gasteiger partial charge in [0.25, 0.3) is 0 Å². The molecule has 25 heavy (non-hydrogen) atoms. The molecule has 0 aliphatic carbocycles. The summed E-state index contributed by atoms with van der Waals surface area (Å²) in [5.41, 5.74) is 5.40. The van der Waals surface area contributed by atoms with Crippen LogP contribution >= 0.6 is 0 Å². The van der Waals surface area contributed by atoms with Gasteiger partial charge < -0.3 is 14.6 Å². The number of benzene rings is 2. The van der Waals surface area contributed by atoms with Crippen molar-refractivity contribution in [1.29, 1.82) is 0 Å². The molecule has 0 radical (unpaired) electrons. The van der Waals surface area contributed by atoms with E-state index in [0.717, 1.165) is 28.8 Å². The van der Waals surface area contributed by atoms with Crippen molar-refractivity contribution in [3.8, 4) is 5.75 Å². The van der Waals surface area contributed by atoms with Crippen LogP contribution in [0.25, 0.3) is 11.0 Å². The summed E-state index contributed by atoms with van der Waals surface area (Å²) in [7, 11) is 1.66. The molecule has 0 aliphatic rings. The van der Waals surface area contributed by atoms with E-state index in [0.29, 0.717) is 6.54 Å². The smallest absolute Gasteiger partial charge is 0.240 e. The summed E-state index contributed by atoms with van der Waals surface area (Å²) in [5.74, 6) is 0.829. The molecule has 0 bridgehead atoms. The Morgan fingerprint density at radius 1 is 1.20 bits per heavy atom. The van der Waals surface area contributed by atoms with Crippen LogP contribution in [0.1, 0.15) is 16.7 Å². The van der Waals surface area contributed by atoms with E-state index in [-0.39, 0.29) is 12.5 Å². The number of aromatic nitrogens is 2. The second kappa shape index (κ2) is 7.38. The molecule has 0 saturated carbocycles. The fourth-order valence-electron chi connectivity index (χ4n) is 2.90. The maximum Gasteiger partial charge on any atom is 0.240 e. The number of nitrogens with zero attached hydrogens (tertiary/aromatic N) is 2. The molecule has 1 heterocycles. The first-order valence-electron chi connectivity index (χ1n) is 8.39. The topological polar surface area (TPSA) is 56.1 Å². The number of hydrogen-bond acceptors (Lipinski definition) is 3. The van der Waals surface area contributed by atoms with E-state index in [9.17, 15) is 4.79 Å². The molecule has 0 aliphatic heterocycles. The van der Waals surface area contributed by atoms with E-state index in [1.807, 2.05) is 28.8 Å². The Hall–Kier alpha value is -2.82. The van der Waals surface area contributed by atoms with Crippen molar-refractivity contribution in [2.75, 3.05) is 13.7 Å². The largest absolute Gasteiger partial charge is 0.496 e. The van der Waals surface area contributed by atoms with Crippen molar-refractivity contribution in [2.45, 2.75) is 26.8 Å². The number of methoxy groups -OCH3 is 1. The van der Waals surface area contributed by atoms with E-state index >= 15 is 0 Å². The third-order valence-electron chi connectivity index (χ3n) is 4.46. The van der Waals surface area contributed by atoms with E-state index in [1.54, 1.807) is 13.4 Å². The summed E-state index contributed by atoms with van der Waals surface area (Å²) in [5, 5.41) is 2.97. The lowest BCUT2D eigenvalue weighted by Crippen LogP contribution is -2.29. The molecule has 2 aromatic carbocycles. The Balaban J connectivity index is 1.61. The highest BCUT2D eigenvalue weighted by Gasteiger charge is 2.09. The quantitative estimate of drug-likeness (QED) is 0.752. The van der Waals surface area contributed by atoms with Crippen molar-refractivity contribution in [1.82, 2.24) is 14.9 Å². The summed E-state index contributed by atoms with van der Waals surface area (Å²) >= 11 is 0. The number of imidazole rings is 1. The molecule has 130 valence electrons. The van der Waals surface area contributed by atoms with Crippen molar-refractivity contribution < 1.29 is 9.53 Å². The number of carbonyl (C=O) groups excluding carboxylic acids is 1. The predicted molar refractivity (Wildman–Crippen MR) is 98.9 cm³/mol. The van der Waals surface area contributed by atoms with E-state index in [1.165, 1.54) is 11.1 Å². The Kier molecular flexibility index (Phi) is 5.03. The third kappa shape index (κ3) is 3.82. The van der Waals surface area contributed by atoms with Gasteiger partial charge in [-0.15, -0.1) is 0 Å². The highest BCUT2D eigenvalue weighted by Crippen LogP contribution is 2.19. The van der Waals surface area contributed by atoms with Gasteiger partial charge in [-0.25, -0.2) is 4.98 Å². The van der Waals surface area contributed by atoms with Gasteiger partial charge in [0.1, 0.15) is 12.3 Å². The molecule has 5 heteroatoms. The van der Waals surface area contributed by atoms with Crippen molar-refractivity contribution in [3.63, 3.8) is 0 Å². The molecular weight excluding hydrogens is 314 g/mol. The zero-order chi connectivity index (χ0) is 17.8. The molecular formula is C20H23N3O2. The van der Waals surface area contributed by atoms with Gasteiger partial charge in [0.05, 0.1) is 24.5 Å². The molecule has 3 rings (SSSR count). The van der Waals surface area contributed by atoms with Crippen LogP contribution in [0, 0.1) is 13.8 Å². The summed E-state index contributed by atoms with van der Waals surface area (Å²) in [6, 6.07) is 12.0. The number of fused-ring (bicyclic) bond motifs is 1. The van der Waals surface area contributed by atoms with E-state index in [2.05, 4.69) is 36.3 Å². The lowest BCUT2D eigenvalue weighted by Gasteiger charge is -2.10. The van der Waals surface area contributed by atoms with Gasteiger partial charge in [-0.05, 0) is 55.2 Å². The summed E-state index contributed by atoms with van der Waals surface area (Å²) in [6.45, 7) is 4.98. The summed E-state index contributed by atoms with van der Waals surface area (Å²) in [6.07, 6.45) is 2.46. The van der Waals surface area contributed by atoms with Crippen molar-refractivity contribution >= 4 is 16.9 Å². The van der Waals surface area contributed by atoms with Crippen LogP contribution in [-0.4, -0.2) is 29.1 Å². The molecule has 0 fully saturated rings. The van der Waals surface area contributed by atoms with Crippen LogP contribution in [0.5, 0.6) is 5.75 Å². The molecule has 1 amide bonds. The molecule has 0 unspecified atom stereocenters.